The SMILES string of the molecule is CCOC(=O)c1[nH]c(C)c(CN(C[C@@H]2CCCO2)C(=O)Cc2cccc(OC)c2)c1C. The molecular weight excluding hydrogens is 396 g/mol. The molecule has 2 heterocycles. The van der Waals surface area contributed by atoms with Gasteiger partial charge in [0, 0.05) is 25.4 Å². The molecule has 1 aromatic carbocycles. The second kappa shape index (κ2) is 10.5. The summed E-state index contributed by atoms with van der Waals surface area (Å²) in [6.45, 7) is 7.58. The fourth-order valence-electron chi connectivity index (χ4n) is 3.98. The number of aromatic amines is 1. The van der Waals surface area contributed by atoms with E-state index >= 15 is 0 Å². The highest BCUT2D eigenvalue weighted by Gasteiger charge is 2.26. The number of nitrogens with zero attached hydrogens (tertiary/aromatic N) is 1. The molecule has 168 valence electrons. The topological polar surface area (TPSA) is 80.9 Å². The van der Waals surface area contributed by atoms with Crippen LogP contribution in [0.15, 0.2) is 24.3 Å². The number of esters is 1. The van der Waals surface area contributed by atoms with Crippen LogP contribution in [0.25, 0.3) is 0 Å². The molecule has 1 saturated heterocycles. The predicted molar refractivity (Wildman–Crippen MR) is 117 cm³/mol. The smallest absolute Gasteiger partial charge is 0.355 e. The molecule has 1 amide bonds. The molecule has 1 aliphatic rings. The first-order valence-electron chi connectivity index (χ1n) is 10.8. The summed E-state index contributed by atoms with van der Waals surface area (Å²) >= 11 is 0. The lowest BCUT2D eigenvalue weighted by molar-refractivity contribution is -0.132. The van der Waals surface area contributed by atoms with Gasteiger partial charge in [0.15, 0.2) is 0 Å². The first-order valence-corrected chi connectivity index (χ1v) is 10.8. The Morgan fingerprint density at radius 2 is 2.10 bits per heavy atom. The first-order chi connectivity index (χ1) is 14.9. The quantitative estimate of drug-likeness (QED) is 0.618. The van der Waals surface area contributed by atoms with Gasteiger partial charge in [0.25, 0.3) is 0 Å². The number of rotatable bonds is 9. The molecule has 0 saturated carbocycles. The highest BCUT2D eigenvalue weighted by atomic mass is 16.5. The Kier molecular flexibility index (Phi) is 7.74. The van der Waals surface area contributed by atoms with E-state index in [1.807, 2.05) is 43.0 Å². The highest BCUT2D eigenvalue weighted by molar-refractivity contribution is 5.90. The third-order valence-corrected chi connectivity index (χ3v) is 5.71. The van der Waals surface area contributed by atoms with E-state index < -0.39 is 0 Å². The molecule has 1 fully saturated rings. The van der Waals surface area contributed by atoms with Crippen LogP contribution >= 0.6 is 0 Å². The number of amides is 1. The second-order valence-corrected chi connectivity index (χ2v) is 7.89. The number of methoxy groups -OCH3 is 1. The molecule has 1 aromatic heterocycles. The molecule has 1 atom stereocenters. The van der Waals surface area contributed by atoms with E-state index in [9.17, 15) is 9.59 Å². The zero-order valence-corrected chi connectivity index (χ0v) is 18.8. The average Bonchev–Trinajstić information content (AvgIpc) is 3.36. The maximum Gasteiger partial charge on any atom is 0.355 e. The standard InChI is InChI=1S/C24H32N2O5/c1-5-30-24(28)23-16(2)21(17(3)25-23)15-26(14-20-10-7-11-31-20)22(27)13-18-8-6-9-19(12-18)29-4/h6,8-9,12,20,25H,5,7,10-11,13-15H2,1-4H3/t20-/m0/s1. The van der Waals surface area contributed by atoms with Crippen molar-refractivity contribution in [3.8, 4) is 5.75 Å². The van der Waals surface area contributed by atoms with Crippen molar-refractivity contribution < 1.29 is 23.8 Å². The molecule has 3 rings (SSSR count). The molecule has 1 N–H and O–H groups in total. The number of aromatic nitrogens is 1. The van der Waals surface area contributed by atoms with E-state index in [0.29, 0.717) is 25.4 Å². The van der Waals surface area contributed by atoms with Crippen LogP contribution in [0.3, 0.4) is 0 Å². The summed E-state index contributed by atoms with van der Waals surface area (Å²) < 4.78 is 16.2. The first kappa shape index (κ1) is 22.9. The number of carbonyl (C=O) groups excluding carboxylic acids is 2. The van der Waals surface area contributed by atoms with Gasteiger partial charge >= 0.3 is 5.97 Å². The average molecular weight is 429 g/mol. The summed E-state index contributed by atoms with van der Waals surface area (Å²) in [5.41, 5.74) is 3.98. The van der Waals surface area contributed by atoms with Crippen LogP contribution in [-0.2, 0) is 27.2 Å². The maximum absolute atomic E-state index is 13.3. The zero-order chi connectivity index (χ0) is 22.4. The van der Waals surface area contributed by atoms with Crippen molar-refractivity contribution in [2.45, 2.75) is 52.7 Å². The molecule has 0 unspecified atom stereocenters. The van der Waals surface area contributed by atoms with Gasteiger partial charge in [-0.2, -0.15) is 0 Å². The van der Waals surface area contributed by atoms with Crippen molar-refractivity contribution in [1.29, 1.82) is 0 Å². The predicted octanol–water partition coefficient (Wildman–Crippen LogP) is 3.57. The molecule has 2 aromatic rings. The van der Waals surface area contributed by atoms with E-state index in [-0.39, 0.29) is 24.4 Å². The third-order valence-electron chi connectivity index (χ3n) is 5.71. The van der Waals surface area contributed by atoms with E-state index in [2.05, 4.69) is 4.98 Å². The van der Waals surface area contributed by atoms with Crippen LogP contribution in [0.1, 0.15) is 52.6 Å². The summed E-state index contributed by atoms with van der Waals surface area (Å²) in [4.78, 5) is 30.5. The Balaban J connectivity index is 1.82. The minimum absolute atomic E-state index is 0.0152. The fourth-order valence-corrected chi connectivity index (χ4v) is 3.98. The molecule has 0 aliphatic carbocycles. The summed E-state index contributed by atoms with van der Waals surface area (Å²) in [6.07, 6.45) is 2.27. The molecule has 0 radical (unpaired) electrons. The van der Waals surface area contributed by atoms with Crippen LogP contribution in [0.5, 0.6) is 5.75 Å². The van der Waals surface area contributed by atoms with Gasteiger partial charge in [-0.3, -0.25) is 4.79 Å². The molecular formula is C24H32N2O5. The number of ether oxygens (including phenoxy) is 3. The van der Waals surface area contributed by atoms with Crippen molar-refractivity contribution >= 4 is 11.9 Å². The molecule has 7 nitrogen and oxygen atoms in total. The van der Waals surface area contributed by atoms with E-state index in [1.165, 1.54) is 0 Å². The highest BCUT2D eigenvalue weighted by Crippen LogP contribution is 2.23. The Morgan fingerprint density at radius 1 is 1.29 bits per heavy atom. The van der Waals surface area contributed by atoms with Crippen LogP contribution in [0.4, 0.5) is 0 Å². The fraction of sp³-hybridized carbons (Fsp3) is 0.500. The number of benzene rings is 1. The lowest BCUT2D eigenvalue weighted by Crippen LogP contribution is -2.38. The Morgan fingerprint density at radius 3 is 2.77 bits per heavy atom. The molecule has 31 heavy (non-hydrogen) atoms. The second-order valence-electron chi connectivity index (χ2n) is 7.89. The molecule has 0 spiro atoms. The van der Waals surface area contributed by atoms with Crippen LogP contribution < -0.4 is 4.74 Å². The van der Waals surface area contributed by atoms with Gasteiger partial charge in [-0.15, -0.1) is 0 Å². The maximum atomic E-state index is 13.3. The summed E-state index contributed by atoms with van der Waals surface area (Å²) in [5.74, 6) is 0.372. The number of H-pyrrole nitrogens is 1. The number of aryl methyl sites for hydroxylation is 1. The zero-order valence-electron chi connectivity index (χ0n) is 18.8. The van der Waals surface area contributed by atoms with Gasteiger partial charge in [-0.25, -0.2) is 4.79 Å². The van der Waals surface area contributed by atoms with E-state index in [1.54, 1.807) is 14.0 Å². The minimum atomic E-state index is -0.372. The van der Waals surface area contributed by atoms with E-state index in [4.69, 9.17) is 14.2 Å². The lowest BCUT2D eigenvalue weighted by Gasteiger charge is -2.26. The van der Waals surface area contributed by atoms with Crippen molar-refractivity contribution in [3.63, 3.8) is 0 Å². The van der Waals surface area contributed by atoms with Crippen molar-refractivity contribution in [3.05, 3.63) is 52.3 Å². The number of hydrogen-bond acceptors (Lipinski definition) is 5. The van der Waals surface area contributed by atoms with Crippen LogP contribution in [0, 0.1) is 13.8 Å². The van der Waals surface area contributed by atoms with Gasteiger partial charge in [0.2, 0.25) is 5.91 Å². The monoisotopic (exact) mass is 428 g/mol. The lowest BCUT2D eigenvalue weighted by atomic mass is 10.1. The number of nitrogens with one attached hydrogen (secondary N) is 1. The third kappa shape index (κ3) is 5.67. The van der Waals surface area contributed by atoms with Gasteiger partial charge in [-0.1, -0.05) is 12.1 Å². The number of hydrogen-bond donors (Lipinski definition) is 1. The van der Waals surface area contributed by atoms with Crippen molar-refractivity contribution in [1.82, 2.24) is 9.88 Å². The molecule has 7 heteroatoms. The summed E-state index contributed by atoms with van der Waals surface area (Å²) in [6, 6.07) is 7.56. The van der Waals surface area contributed by atoms with Gasteiger partial charge < -0.3 is 24.1 Å². The van der Waals surface area contributed by atoms with Gasteiger partial charge in [0.1, 0.15) is 11.4 Å². The summed E-state index contributed by atoms with van der Waals surface area (Å²) in [5, 5.41) is 0. The van der Waals surface area contributed by atoms with Crippen molar-refractivity contribution in [2.75, 3.05) is 26.9 Å². The summed E-state index contributed by atoms with van der Waals surface area (Å²) in [7, 11) is 1.61. The van der Waals surface area contributed by atoms with Gasteiger partial charge in [0.05, 0.1) is 26.2 Å². The van der Waals surface area contributed by atoms with Crippen molar-refractivity contribution in [2.24, 2.45) is 0 Å². The number of carbonyl (C=O) groups is 2. The normalized spacial score (nSPS) is 15.7. The molecule has 1 aliphatic heterocycles. The Labute approximate surface area is 183 Å². The van der Waals surface area contributed by atoms with Crippen LogP contribution in [0.2, 0.25) is 0 Å². The Bertz CT molecular complexity index is 915. The van der Waals surface area contributed by atoms with E-state index in [0.717, 1.165) is 47.6 Å². The minimum Gasteiger partial charge on any atom is -0.497 e. The van der Waals surface area contributed by atoms with Crippen LogP contribution in [-0.4, -0.2) is 54.7 Å². The van der Waals surface area contributed by atoms with Gasteiger partial charge in [-0.05, 0) is 62.4 Å². The largest absolute Gasteiger partial charge is 0.497 e. The Hall–Kier alpha value is -2.80. The molecule has 0 bridgehead atoms.